The molecule has 2 aromatic rings. The van der Waals surface area contributed by atoms with E-state index in [0.29, 0.717) is 33.6 Å². The van der Waals surface area contributed by atoms with Gasteiger partial charge in [-0.3, -0.25) is 4.79 Å². The van der Waals surface area contributed by atoms with Gasteiger partial charge in [0.05, 0.1) is 39.0 Å². The molecule has 0 radical (unpaired) electrons. The highest BCUT2D eigenvalue weighted by Crippen LogP contribution is 2.33. The molecule has 132 valence electrons. The van der Waals surface area contributed by atoms with E-state index in [4.69, 9.17) is 30.5 Å². The van der Waals surface area contributed by atoms with Crippen LogP contribution in [0.25, 0.3) is 6.08 Å². The predicted molar refractivity (Wildman–Crippen MR) is 97.5 cm³/mol. The maximum atomic E-state index is 12.5. The Bertz CT molecular complexity index is 799. The number of halogens is 1. The first-order valence-electron chi connectivity index (χ1n) is 7.40. The molecule has 2 aromatic carbocycles. The van der Waals surface area contributed by atoms with Crippen molar-refractivity contribution < 1.29 is 23.7 Å². The Morgan fingerprint density at radius 1 is 0.840 bits per heavy atom. The smallest absolute Gasteiger partial charge is 0.189 e. The van der Waals surface area contributed by atoms with Crippen LogP contribution in [0.4, 0.5) is 0 Å². The molecule has 0 aliphatic carbocycles. The van der Waals surface area contributed by atoms with Crippen LogP contribution in [0.5, 0.6) is 23.0 Å². The first kappa shape index (κ1) is 18.7. The Balaban J connectivity index is 2.30. The molecular formula is C19H19ClO5. The molecule has 0 bridgehead atoms. The molecule has 0 saturated carbocycles. The molecule has 0 fully saturated rings. The average Bonchev–Trinajstić information content (AvgIpc) is 2.65. The second-order valence-corrected chi connectivity index (χ2v) is 5.41. The van der Waals surface area contributed by atoms with E-state index in [-0.39, 0.29) is 5.78 Å². The van der Waals surface area contributed by atoms with Gasteiger partial charge in [-0.25, -0.2) is 0 Å². The zero-order valence-corrected chi connectivity index (χ0v) is 15.2. The maximum Gasteiger partial charge on any atom is 0.189 e. The second kappa shape index (κ2) is 8.44. The summed E-state index contributed by atoms with van der Waals surface area (Å²) < 4.78 is 20.8. The van der Waals surface area contributed by atoms with Crippen LogP contribution in [0.1, 0.15) is 15.9 Å². The molecule has 0 aromatic heterocycles. The van der Waals surface area contributed by atoms with Crippen molar-refractivity contribution >= 4 is 23.5 Å². The quantitative estimate of drug-likeness (QED) is 0.544. The fourth-order valence-corrected chi connectivity index (χ4v) is 2.51. The molecule has 2 rings (SSSR count). The first-order valence-corrected chi connectivity index (χ1v) is 7.77. The normalized spacial score (nSPS) is 10.6. The van der Waals surface area contributed by atoms with Crippen molar-refractivity contribution in [2.45, 2.75) is 0 Å². The molecule has 0 saturated heterocycles. The molecular weight excluding hydrogens is 344 g/mol. The number of hydrogen-bond donors (Lipinski definition) is 0. The van der Waals surface area contributed by atoms with Gasteiger partial charge in [0.1, 0.15) is 11.5 Å². The number of hydrogen-bond acceptors (Lipinski definition) is 5. The van der Waals surface area contributed by atoms with E-state index in [1.807, 2.05) is 6.07 Å². The van der Waals surface area contributed by atoms with Crippen LogP contribution >= 0.6 is 11.6 Å². The monoisotopic (exact) mass is 362 g/mol. The molecule has 5 nitrogen and oxygen atoms in total. The Morgan fingerprint density at radius 2 is 1.48 bits per heavy atom. The lowest BCUT2D eigenvalue weighted by molar-refractivity contribution is 0.104. The summed E-state index contributed by atoms with van der Waals surface area (Å²) in [5.41, 5.74) is 1.15. The van der Waals surface area contributed by atoms with E-state index in [9.17, 15) is 4.79 Å². The third-order valence-corrected chi connectivity index (χ3v) is 3.87. The standard InChI is InChI=1S/C19H19ClO5/c1-22-16-8-6-12(9-19(16)25-4)5-7-15(21)13-10-14(20)18(24-3)11-17(13)23-2/h5-11H,1-4H3/b7-5+. The average molecular weight is 363 g/mol. The number of rotatable bonds is 7. The highest BCUT2D eigenvalue weighted by molar-refractivity contribution is 6.32. The molecule has 0 N–H and O–H groups in total. The fourth-order valence-electron chi connectivity index (χ4n) is 2.27. The highest BCUT2D eigenvalue weighted by atomic mass is 35.5. The molecule has 0 atom stereocenters. The van der Waals surface area contributed by atoms with E-state index >= 15 is 0 Å². The van der Waals surface area contributed by atoms with Crippen LogP contribution in [0.2, 0.25) is 5.02 Å². The fraction of sp³-hybridized carbons (Fsp3) is 0.211. The van der Waals surface area contributed by atoms with E-state index in [0.717, 1.165) is 5.56 Å². The van der Waals surface area contributed by atoms with Gasteiger partial charge in [-0.1, -0.05) is 23.7 Å². The van der Waals surface area contributed by atoms with Gasteiger partial charge in [0.25, 0.3) is 0 Å². The second-order valence-electron chi connectivity index (χ2n) is 5.00. The van der Waals surface area contributed by atoms with Gasteiger partial charge in [0.2, 0.25) is 0 Å². The Hall–Kier alpha value is -2.66. The number of methoxy groups -OCH3 is 4. The summed E-state index contributed by atoms with van der Waals surface area (Å²) in [6.07, 6.45) is 3.13. The van der Waals surface area contributed by atoms with Crippen LogP contribution in [0.3, 0.4) is 0 Å². The minimum Gasteiger partial charge on any atom is -0.496 e. The lowest BCUT2D eigenvalue weighted by atomic mass is 10.1. The van der Waals surface area contributed by atoms with Crippen molar-refractivity contribution in [3.05, 3.63) is 52.6 Å². The molecule has 0 aliphatic heterocycles. The third kappa shape index (κ3) is 4.25. The summed E-state index contributed by atoms with van der Waals surface area (Å²) in [6.45, 7) is 0. The molecule has 0 spiro atoms. The molecule has 25 heavy (non-hydrogen) atoms. The number of carbonyl (C=O) groups is 1. The summed E-state index contributed by atoms with van der Waals surface area (Å²) in [5, 5.41) is 0.339. The zero-order valence-electron chi connectivity index (χ0n) is 14.5. The largest absolute Gasteiger partial charge is 0.496 e. The van der Waals surface area contributed by atoms with Crippen molar-refractivity contribution in [2.75, 3.05) is 28.4 Å². The minimum absolute atomic E-state index is 0.240. The van der Waals surface area contributed by atoms with Gasteiger partial charge in [0.15, 0.2) is 17.3 Å². The first-order chi connectivity index (χ1) is 12.0. The van der Waals surface area contributed by atoms with Gasteiger partial charge < -0.3 is 18.9 Å². The van der Waals surface area contributed by atoms with Crippen molar-refractivity contribution in [3.63, 3.8) is 0 Å². The topological polar surface area (TPSA) is 54.0 Å². The van der Waals surface area contributed by atoms with Crippen molar-refractivity contribution in [1.29, 1.82) is 0 Å². The number of ketones is 1. The molecule has 0 unspecified atom stereocenters. The van der Waals surface area contributed by atoms with Gasteiger partial charge in [0, 0.05) is 6.07 Å². The van der Waals surface area contributed by atoms with E-state index in [2.05, 4.69) is 0 Å². The summed E-state index contributed by atoms with van der Waals surface area (Å²) in [6, 6.07) is 8.48. The third-order valence-electron chi connectivity index (χ3n) is 3.57. The molecule has 0 amide bonds. The lowest BCUT2D eigenvalue weighted by Crippen LogP contribution is -2.00. The van der Waals surface area contributed by atoms with E-state index in [1.165, 1.54) is 26.4 Å². The van der Waals surface area contributed by atoms with E-state index < -0.39 is 0 Å². The van der Waals surface area contributed by atoms with Crippen LogP contribution in [-0.4, -0.2) is 34.2 Å². The van der Waals surface area contributed by atoms with E-state index in [1.54, 1.807) is 38.5 Å². The summed E-state index contributed by atoms with van der Waals surface area (Å²) >= 11 is 6.11. The molecule has 0 heterocycles. The van der Waals surface area contributed by atoms with Crippen molar-refractivity contribution in [3.8, 4) is 23.0 Å². The van der Waals surface area contributed by atoms with Crippen LogP contribution in [0.15, 0.2) is 36.4 Å². The summed E-state index contributed by atoms with van der Waals surface area (Å²) in [4.78, 5) is 12.5. The number of allylic oxidation sites excluding steroid dienone is 1. The van der Waals surface area contributed by atoms with Crippen LogP contribution < -0.4 is 18.9 Å². The lowest BCUT2D eigenvalue weighted by Gasteiger charge is -2.10. The predicted octanol–water partition coefficient (Wildman–Crippen LogP) is 4.27. The Kier molecular flexibility index (Phi) is 6.31. The Labute approximate surface area is 151 Å². The molecule has 6 heteroatoms. The van der Waals surface area contributed by atoms with Crippen LogP contribution in [-0.2, 0) is 0 Å². The van der Waals surface area contributed by atoms with Gasteiger partial charge in [-0.15, -0.1) is 0 Å². The van der Waals surface area contributed by atoms with Crippen molar-refractivity contribution in [1.82, 2.24) is 0 Å². The Morgan fingerprint density at radius 3 is 2.08 bits per heavy atom. The maximum absolute atomic E-state index is 12.5. The van der Waals surface area contributed by atoms with Gasteiger partial charge in [-0.05, 0) is 29.8 Å². The summed E-state index contributed by atoms with van der Waals surface area (Å²) in [7, 11) is 6.11. The number of benzene rings is 2. The molecule has 0 aliphatic rings. The SMILES string of the molecule is COc1cc(OC)c(C(=O)/C=C/c2ccc(OC)c(OC)c2)cc1Cl. The van der Waals surface area contributed by atoms with Gasteiger partial charge in [-0.2, -0.15) is 0 Å². The minimum atomic E-state index is -0.240. The number of ether oxygens (including phenoxy) is 4. The number of carbonyl (C=O) groups excluding carboxylic acids is 1. The van der Waals surface area contributed by atoms with Crippen LogP contribution in [0, 0.1) is 0 Å². The highest BCUT2D eigenvalue weighted by Gasteiger charge is 2.14. The van der Waals surface area contributed by atoms with Crippen molar-refractivity contribution in [2.24, 2.45) is 0 Å². The summed E-state index contributed by atoms with van der Waals surface area (Å²) in [5.74, 6) is 1.80. The zero-order chi connectivity index (χ0) is 18.4. The van der Waals surface area contributed by atoms with Gasteiger partial charge >= 0.3 is 0 Å².